The first-order valence-corrected chi connectivity index (χ1v) is 9.31. The van der Waals surface area contributed by atoms with Crippen molar-refractivity contribution < 1.29 is 9.59 Å². The Hall–Kier alpha value is -1.79. The van der Waals surface area contributed by atoms with Crippen molar-refractivity contribution in [3.8, 4) is 0 Å². The predicted octanol–water partition coefficient (Wildman–Crippen LogP) is 3.43. The van der Waals surface area contributed by atoms with Crippen LogP contribution in [0.5, 0.6) is 0 Å². The molecule has 1 saturated heterocycles. The van der Waals surface area contributed by atoms with Gasteiger partial charge in [0.15, 0.2) is 0 Å². The van der Waals surface area contributed by atoms with Gasteiger partial charge in [0.1, 0.15) is 6.54 Å². The molecule has 120 valence electrons. The minimum atomic E-state index is -0.173. The number of thioether (sulfide) groups is 1. The van der Waals surface area contributed by atoms with Crippen molar-refractivity contribution in [2.45, 2.75) is 13.0 Å². The van der Waals surface area contributed by atoms with Crippen LogP contribution >= 0.6 is 23.1 Å². The van der Waals surface area contributed by atoms with Crippen molar-refractivity contribution in [3.63, 3.8) is 0 Å². The highest BCUT2D eigenvalue weighted by molar-refractivity contribution is 8.13. The first-order valence-electron chi connectivity index (χ1n) is 7.44. The summed E-state index contributed by atoms with van der Waals surface area (Å²) in [6.45, 7) is 2.81. The third-order valence-electron chi connectivity index (χ3n) is 3.72. The summed E-state index contributed by atoms with van der Waals surface area (Å²) in [6, 6.07) is 12.0. The zero-order chi connectivity index (χ0) is 16.2. The molecule has 0 bridgehead atoms. The smallest absolute Gasteiger partial charge is 0.282 e. The Balaban J connectivity index is 1.75. The van der Waals surface area contributed by atoms with Crippen LogP contribution in [0.4, 0.5) is 4.79 Å². The van der Waals surface area contributed by atoms with Gasteiger partial charge in [0, 0.05) is 17.2 Å². The van der Waals surface area contributed by atoms with Gasteiger partial charge in [-0.2, -0.15) is 0 Å². The number of hydrogen-bond acceptors (Lipinski definition) is 4. The SMILES string of the molecule is Cc1ccc([C@H](NC(=O)CN2CCSC2=O)c2cccs2)cc1. The number of carbonyl (C=O) groups excluding carboxylic acids is 2. The Labute approximate surface area is 143 Å². The van der Waals surface area contributed by atoms with Crippen molar-refractivity contribution in [2.75, 3.05) is 18.8 Å². The third kappa shape index (κ3) is 3.95. The van der Waals surface area contributed by atoms with Gasteiger partial charge in [0.25, 0.3) is 5.24 Å². The molecule has 0 spiro atoms. The molecular weight excluding hydrogens is 328 g/mol. The fourth-order valence-electron chi connectivity index (χ4n) is 2.48. The Bertz CT molecular complexity index is 683. The monoisotopic (exact) mass is 346 g/mol. The second-order valence-corrected chi connectivity index (χ2v) is 7.49. The van der Waals surface area contributed by atoms with E-state index >= 15 is 0 Å². The Kier molecular flexibility index (Phi) is 5.03. The van der Waals surface area contributed by atoms with Gasteiger partial charge in [0.2, 0.25) is 5.91 Å². The van der Waals surface area contributed by atoms with Crippen molar-refractivity contribution in [2.24, 2.45) is 0 Å². The molecule has 6 heteroatoms. The van der Waals surface area contributed by atoms with Gasteiger partial charge in [-0.3, -0.25) is 9.59 Å². The number of hydrogen-bond donors (Lipinski definition) is 1. The summed E-state index contributed by atoms with van der Waals surface area (Å²) in [5.41, 5.74) is 2.23. The minimum Gasteiger partial charge on any atom is -0.343 e. The molecule has 4 nitrogen and oxygen atoms in total. The molecule has 0 unspecified atom stereocenters. The molecule has 0 aliphatic carbocycles. The maximum Gasteiger partial charge on any atom is 0.282 e. The molecule has 2 heterocycles. The molecule has 1 N–H and O–H groups in total. The molecular formula is C17H18N2O2S2. The van der Waals surface area contributed by atoms with Gasteiger partial charge < -0.3 is 10.2 Å². The average Bonchev–Trinajstić information content (AvgIpc) is 3.19. The standard InChI is InChI=1S/C17H18N2O2S2/c1-12-4-6-13(7-5-12)16(14-3-2-9-22-14)18-15(20)11-19-8-10-23-17(19)21/h2-7,9,16H,8,10-11H2,1H3,(H,18,20)/t16-/m0/s1. The molecule has 2 amide bonds. The first kappa shape index (κ1) is 16.1. The van der Waals surface area contributed by atoms with Gasteiger partial charge in [-0.05, 0) is 23.9 Å². The van der Waals surface area contributed by atoms with Gasteiger partial charge >= 0.3 is 0 Å². The summed E-state index contributed by atoms with van der Waals surface area (Å²) in [4.78, 5) is 26.7. The van der Waals surface area contributed by atoms with E-state index in [0.29, 0.717) is 6.54 Å². The Morgan fingerprint density at radius 3 is 2.70 bits per heavy atom. The van der Waals surface area contributed by atoms with Crippen molar-refractivity contribution in [3.05, 3.63) is 57.8 Å². The average molecular weight is 346 g/mol. The number of rotatable bonds is 5. The number of carbonyl (C=O) groups is 2. The van der Waals surface area contributed by atoms with Crippen molar-refractivity contribution >= 4 is 34.2 Å². The molecule has 0 radical (unpaired) electrons. The van der Waals surface area contributed by atoms with Gasteiger partial charge in [-0.15, -0.1) is 11.3 Å². The molecule has 1 aromatic heterocycles. The van der Waals surface area contributed by atoms with E-state index in [9.17, 15) is 9.59 Å². The fraction of sp³-hybridized carbons (Fsp3) is 0.294. The second kappa shape index (κ2) is 7.19. The number of thiophene rings is 1. The van der Waals surface area contributed by atoms with Crippen molar-refractivity contribution in [1.29, 1.82) is 0 Å². The predicted molar refractivity (Wildman–Crippen MR) is 94.9 cm³/mol. The van der Waals surface area contributed by atoms with Crippen LogP contribution in [0.1, 0.15) is 22.0 Å². The lowest BCUT2D eigenvalue weighted by Crippen LogP contribution is -2.39. The molecule has 3 rings (SSSR count). The molecule has 1 aliphatic heterocycles. The minimum absolute atomic E-state index is 0.0110. The largest absolute Gasteiger partial charge is 0.343 e. The molecule has 1 fully saturated rings. The number of aryl methyl sites for hydroxylation is 1. The number of benzene rings is 1. The summed E-state index contributed by atoms with van der Waals surface area (Å²) in [7, 11) is 0. The van der Waals surface area contributed by atoms with Gasteiger partial charge in [-0.25, -0.2) is 0 Å². The van der Waals surface area contributed by atoms with E-state index in [4.69, 9.17) is 0 Å². The summed E-state index contributed by atoms with van der Waals surface area (Å²) in [5, 5.41) is 5.06. The quantitative estimate of drug-likeness (QED) is 0.902. The number of amides is 2. The molecule has 23 heavy (non-hydrogen) atoms. The molecule has 0 saturated carbocycles. The summed E-state index contributed by atoms with van der Waals surface area (Å²) < 4.78 is 0. The lowest BCUT2D eigenvalue weighted by atomic mass is 10.0. The van der Waals surface area contributed by atoms with Crippen LogP contribution in [-0.2, 0) is 4.79 Å². The van der Waals surface area contributed by atoms with Crippen LogP contribution < -0.4 is 5.32 Å². The highest BCUT2D eigenvalue weighted by Gasteiger charge is 2.25. The second-order valence-electron chi connectivity index (χ2n) is 5.46. The lowest BCUT2D eigenvalue weighted by molar-refractivity contribution is -0.122. The highest BCUT2D eigenvalue weighted by Crippen LogP contribution is 2.26. The Morgan fingerprint density at radius 2 is 2.09 bits per heavy atom. The normalized spacial score (nSPS) is 15.7. The Morgan fingerprint density at radius 1 is 1.30 bits per heavy atom. The van der Waals surface area contributed by atoms with E-state index in [1.165, 1.54) is 17.3 Å². The first-order chi connectivity index (χ1) is 11.1. The summed E-state index contributed by atoms with van der Waals surface area (Å²) in [6.07, 6.45) is 0. The summed E-state index contributed by atoms with van der Waals surface area (Å²) in [5.74, 6) is 0.637. The van der Waals surface area contributed by atoms with Crippen LogP contribution in [0, 0.1) is 6.92 Å². The molecule has 2 aromatic rings. The molecule has 1 aliphatic rings. The van der Waals surface area contributed by atoms with Crippen LogP contribution in [0.25, 0.3) is 0 Å². The zero-order valence-corrected chi connectivity index (χ0v) is 14.5. The maximum absolute atomic E-state index is 12.4. The van der Waals surface area contributed by atoms with Gasteiger partial charge in [-0.1, -0.05) is 47.7 Å². The highest BCUT2D eigenvalue weighted by atomic mass is 32.2. The van der Waals surface area contributed by atoms with Gasteiger partial charge in [0.05, 0.1) is 6.04 Å². The van der Waals surface area contributed by atoms with E-state index in [0.717, 1.165) is 16.2 Å². The van der Waals surface area contributed by atoms with Crippen molar-refractivity contribution in [1.82, 2.24) is 10.2 Å². The third-order valence-corrected chi connectivity index (χ3v) is 5.55. The molecule has 1 atom stereocenters. The molecule has 1 aromatic carbocycles. The zero-order valence-electron chi connectivity index (χ0n) is 12.8. The summed E-state index contributed by atoms with van der Waals surface area (Å²) >= 11 is 2.89. The van der Waals surface area contributed by atoms with E-state index in [2.05, 4.69) is 5.32 Å². The van der Waals surface area contributed by atoms with E-state index in [-0.39, 0.29) is 23.7 Å². The lowest BCUT2D eigenvalue weighted by Gasteiger charge is -2.20. The van der Waals surface area contributed by atoms with E-state index in [1.807, 2.05) is 48.7 Å². The topological polar surface area (TPSA) is 49.4 Å². The maximum atomic E-state index is 12.4. The van der Waals surface area contributed by atoms with Crippen LogP contribution in [0.15, 0.2) is 41.8 Å². The van der Waals surface area contributed by atoms with Crippen LogP contribution in [0.2, 0.25) is 0 Å². The van der Waals surface area contributed by atoms with E-state index < -0.39 is 0 Å². The van der Waals surface area contributed by atoms with E-state index in [1.54, 1.807) is 16.2 Å². The number of nitrogens with one attached hydrogen (secondary N) is 1. The fourth-order valence-corrected chi connectivity index (χ4v) is 4.11. The van der Waals surface area contributed by atoms with Crippen LogP contribution in [-0.4, -0.2) is 34.9 Å². The number of nitrogens with zero attached hydrogens (tertiary/aromatic N) is 1. The van der Waals surface area contributed by atoms with Crippen LogP contribution in [0.3, 0.4) is 0 Å².